The number of amides is 1. The molecule has 6 N–H and O–H groups in total. The molecule has 356 valence electrons. The Morgan fingerprint density at radius 3 is 1.49 bits per heavy atom. The lowest BCUT2D eigenvalue weighted by atomic mass is 10.1. The van der Waals surface area contributed by atoms with E-state index >= 15 is 0 Å². The number of aromatic nitrogens is 4. The van der Waals surface area contributed by atoms with E-state index in [0.717, 1.165) is 131 Å². The predicted octanol–water partition coefficient (Wildman–Crippen LogP) is 7.86. The summed E-state index contributed by atoms with van der Waals surface area (Å²) >= 11 is 0. The summed E-state index contributed by atoms with van der Waals surface area (Å²) in [5.74, 6) is 2.63. The predicted molar refractivity (Wildman–Crippen MR) is 274 cm³/mol. The molecule has 15 heteroatoms. The highest BCUT2D eigenvalue weighted by Gasteiger charge is 2.20. The van der Waals surface area contributed by atoms with Crippen molar-refractivity contribution in [3.8, 4) is 11.5 Å². The second-order valence-corrected chi connectivity index (χ2v) is 17.4. The lowest BCUT2D eigenvalue weighted by Gasteiger charge is -2.32. The number of H-pyrrole nitrogens is 2. The quantitative estimate of drug-likeness (QED) is 0.0708. The molecule has 2 aliphatic rings. The van der Waals surface area contributed by atoms with Crippen LogP contribution in [0.1, 0.15) is 22.3 Å². The molecule has 15 nitrogen and oxygen atoms in total. The van der Waals surface area contributed by atoms with Crippen LogP contribution in [0.5, 0.6) is 11.5 Å². The third kappa shape index (κ3) is 13.6. The fraction of sp³-hybridized carbons (Fsp3) is 0.259. The van der Waals surface area contributed by atoms with Crippen molar-refractivity contribution in [3.05, 3.63) is 168 Å². The Kier molecular flexibility index (Phi) is 16.0. The number of hydrogen-bond donors (Lipinski definition) is 5. The second-order valence-electron chi connectivity index (χ2n) is 17.4. The normalized spacial score (nSPS) is 14.1. The average molecular weight is 929 g/mol. The number of carbonyl (C=O) groups is 2. The fourth-order valence-electron chi connectivity index (χ4n) is 8.07. The summed E-state index contributed by atoms with van der Waals surface area (Å²) in [5, 5.41) is 29.0. The zero-order valence-electron chi connectivity index (χ0n) is 39.2. The highest BCUT2D eigenvalue weighted by molar-refractivity contribution is 5.98. The number of likely N-dealkylation sites (N-methyl/N-ethyl adjacent to an activating group) is 2. The summed E-state index contributed by atoms with van der Waals surface area (Å²) in [6.45, 7) is 9.15. The molecule has 0 saturated carbocycles. The van der Waals surface area contributed by atoms with Crippen LogP contribution >= 0.6 is 0 Å². The van der Waals surface area contributed by atoms with Crippen LogP contribution in [0.3, 0.4) is 0 Å². The maximum absolute atomic E-state index is 12.7. The number of ether oxygens (including phenoxy) is 2. The van der Waals surface area contributed by atoms with Gasteiger partial charge < -0.3 is 45.2 Å². The maximum Gasteiger partial charge on any atom is 0.307 e. The first kappa shape index (κ1) is 47.6. The minimum absolute atomic E-state index is 0.0406. The maximum atomic E-state index is 12.7. The number of hydrogen-bond acceptors (Lipinski definition) is 11. The van der Waals surface area contributed by atoms with Gasteiger partial charge in [-0.3, -0.25) is 19.8 Å². The van der Waals surface area contributed by atoms with Crippen LogP contribution in [-0.2, 0) is 35.6 Å². The van der Waals surface area contributed by atoms with Crippen molar-refractivity contribution < 1.29 is 24.2 Å². The minimum Gasteiger partial charge on any atom is -0.489 e. The zero-order chi connectivity index (χ0) is 48.0. The molecule has 2 aliphatic heterocycles. The molecule has 69 heavy (non-hydrogen) atoms. The van der Waals surface area contributed by atoms with E-state index in [0.29, 0.717) is 19.6 Å². The van der Waals surface area contributed by atoms with Gasteiger partial charge in [0.05, 0.1) is 23.9 Å². The standard InChI is InChI=1S/C27H29N5O2.C15H14O3.C12H17N5/c1-31-13-15-32(16-14-31)27-24-18-22(9-12-25(24)29-30-27)28-26(33)17-20-7-10-23(11-8-20)34-19-21-5-3-2-4-6-21;16-15(17)10-12-6-8-14(9-7-12)18-11-13-4-2-1-3-5-13;1-16-4-6-17(7-5-16)12-10-8-9(13)2-3-11(10)14-15-12/h2-12,18H,13-17,19H2,1H3,(H,28,33)(H,29,30);1-9H,10-11H2,(H,16,17);2-3,8H,4-7,13H2,1H3,(H,14,15). The first-order valence-electron chi connectivity index (χ1n) is 23.2. The minimum atomic E-state index is -0.826. The third-order valence-corrected chi connectivity index (χ3v) is 12.1. The van der Waals surface area contributed by atoms with Crippen LogP contribution in [-0.4, -0.2) is 114 Å². The van der Waals surface area contributed by atoms with Crippen LogP contribution in [0.2, 0.25) is 0 Å². The number of anilines is 4. The molecular weight excluding hydrogens is 869 g/mol. The lowest BCUT2D eigenvalue weighted by molar-refractivity contribution is -0.136. The summed E-state index contributed by atoms with van der Waals surface area (Å²) in [7, 11) is 4.29. The number of aromatic amines is 2. The number of nitrogens with zero attached hydrogens (tertiary/aromatic N) is 6. The monoisotopic (exact) mass is 928 g/mol. The van der Waals surface area contributed by atoms with Crippen molar-refractivity contribution >= 4 is 56.7 Å². The van der Waals surface area contributed by atoms with Gasteiger partial charge in [0.25, 0.3) is 0 Å². The molecule has 10 rings (SSSR count). The molecule has 0 radical (unpaired) electrons. The smallest absolute Gasteiger partial charge is 0.307 e. The number of nitrogen functional groups attached to an aromatic ring is 1. The van der Waals surface area contributed by atoms with E-state index < -0.39 is 5.97 Å². The SMILES string of the molecule is CN1CCN(c2n[nH]c3ccc(N)cc23)CC1.CN1CCN(c2n[nH]c3ccc(NC(=O)Cc4ccc(OCc5ccccc5)cc4)cc23)CC1.O=C(O)Cc1ccc(OCc2ccccc2)cc1. The Labute approximate surface area is 402 Å². The van der Waals surface area contributed by atoms with Gasteiger partial charge >= 0.3 is 5.97 Å². The van der Waals surface area contributed by atoms with E-state index in [1.807, 2.05) is 121 Å². The lowest BCUT2D eigenvalue weighted by Crippen LogP contribution is -2.44. The molecule has 4 heterocycles. The Bertz CT molecular complexity index is 2870. The molecule has 2 saturated heterocycles. The van der Waals surface area contributed by atoms with Gasteiger partial charge in [-0.25, -0.2) is 0 Å². The number of piperazine rings is 2. The molecule has 0 unspecified atom stereocenters. The number of carboxylic acids is 1. The van der Waals surface area contributed by atoms with Crippen LogP contribution in [0.4, 0.5) is 23.0 Å². The highest BCUT2D eigenvalue weighted by atomic mass is 16.5. The van der Waals surface area contributed by atoms with E-state index in [-0.39, 0.29) is 12.3 Å². The number of fused-ring (bicyclic) bond motifs is 2. The van der Waals surface area contributed by atoms with Crippen molar-refractivity contribution in [2.45, 2.75) is 26.1 Å². The Hall–Kier alpha value is -7.88. The first-order valence-corrected chi connectivity index (χ1v) is 23.2. The summed E-state index contributed by atoms with van der Waals surface area (Å²) in [5.41, 5.74) is 13.4. The Morgan fingerprint density at radius 2 is 1.01 bits per heavy atom. The van der Waals surface area contributed by atoms with Crippen LogP contribution < -0.4 is 30.3 Å². The number of aliphatic carboxylic acids is 1. The van der Waals surface area contributed by atoms with Crippen molar-refractivity contribution in [1.29, 1.82) is 0 Å². The second kappa shape index (κ2) is 23.2. The zero-order valence-corrected chi connectivity index (χ0v) is 39.2. The van der Waals surface area contributed by atoms with E-state index in [4.69, 9.17) is 20.3 Å². The number of carboxylic acid groups (broad SMARTS) is 1. The number of rotatable bonds is 13. The van der Waals surface area contributed by atoms with Gasteiger partial charge in [-0.05, 0) is 97.0 Å². The van der Waals surface area contributed by atoms with Gasteiger partial charge in [0.2, 0.25) is 5.91 Å². The number of nitrogens with two attached hydrogens (primary N) is 1. The summed E-state index contributed by atoms with van der Waals surface area (Å²) in [4.78, 5) is 32.5. The number of carbonyl (C=O) groups excluding carboxylic acids is 1. The molecule has 2 aromatic heterocycles. The summed E-state index contributed by atoms with van der Waals surface area (Å²) in [6, 6.07) is 46.5. The van der Waals surface area contributed by atoms with Gasteiger partial charge in [-0.1, -0.05) is 84.9 Å². The molecule has 2 fully saturated rings. The van der Waals surface area contributed by atoms with Crippen LogP contribution in [0, 0.1) is 0 Å². The van der Waals surface area contributed by atoms with Crippen molar-refractivity contribution in [1.82, 2.24) is 30.2 Å². The van der Waals surface area contributed by atoms with E-state index in [2.05, 4.69) is 59.4 Å². The Balaban J connectivity index is 0.000000154. The van der Waals surface area contributed by atoms with Gasteiger partial charge in [0.15, 0.2) is 11.6 Å². The molecule has 0 bridgehead atoms. The summed E-state index contributed by atoms with van der Waals surface area (Å²) < 4.78 is 11.4. The molecule has 6 aromatic carbocycles. The van der Waals surface area contributed by atoms with Crippen molar-refractivity contribution in [2.24, 2.45) is 0 Å². The largest absolute Gasteiger partial charge is 0.489 e. The molecule has 8 aromatic rings. The van der Waals surface area contributed by atoms with Crippen LogP contribution in [0.25, 0.3) is 21.8 Å². The molecule has 1 amide bonds. The van der Waals surface area contributed by atoms with Crippen molar-refractivity contribution in [3.63, 3.8) is 0 Å². The Morgan fingerprint density at radius 1 is 0.565 bits per heavy atom. The first-order chi connectivity index (χ1) is 33.6. The summed E-state index contributed by atoms with van der Waals surface area (Å²) in [6.07, 6.45) is 0.340. The fourth-order valence-corrected chi connectivity index (χ4v) is 8.07. The van der Waals surface area contributed by atoms with Crippen molar-refractivity contribution in [2.75, 3.05) is 87.3 Å². The topological polar surface area (TPSA) is 181 Å². The van der Waals surface area contributed by atoms with Gasteiger partial charge in [-0.2, -0.15) is 10.2 Å². The van der Waals surface area contributed by atoms with Gasteiger partial charge in [0.1, 0.15) is 24.7 Å². The van der Waals surface area contributed by atoms with Crippen LogP contribution in [0.15, 0.2) is 146 Å². The van der Waals surface area contributed by atoms with Gasteiger partial charge in [0, 0.05) is 74.5 Å². The number of benzene rings is 6. The van der Waals surface area contributed by atoms with E-state index in [1.54, 1.807) is 24.3 Å². The average Bonchev–Trinajstić information content (AvgIpc) is 3.99. The highest BCUT2D eigenvalue weighted by Crippen LogP contribution is 2.29. The number of nitrogens with one attached hydrogen (secondary N) is 3. The molecule has 0 aliphatic carbocycles. The van der Waals surface area contributed by atoms with Gasteiger partial charge in [-0.15, -0.1) is 0 Å². The molecule has 0 spiro atoms. The third-order valence-electron chi connectivity index (χ3n) is 12.1. The molecule has 0 atom stereocenters. The molecular formula is C54H60N10O5. The van der Waals surface area contributed by atoms with E-state index in [9.17, 15) is 9.59 Å². The van der Waals surface area contributed by atoms with E-state index in [1.165, 1.54) is 0 Å².